The molecule has 1 aromatic carbocycles. The van der Waals surface area contributed by atoms with Crippen molar-refractivity contribution in [1.82, 2.24) is 0 Å². The third kappa shape index (κ3) is 4.34. The largest absolute Gasteiger partial charge is 0.507 e. The lowest BCUT2D eigenvalue weighted by Crippen LogP contribution is -2.23. The Morgan fingerprint density at radius 1 is 1.27 bits per heavy atom. The molecule has 0 aliphatic carbocycles. The number of ether oxygens (including phenoxy) is 1. The van der Waals surface area contributed by atoms with E-state index in [1.165, 1.54) is 12.1 Å². The van der Waals surface area contributed by atoms with Crippen molar-refractivity contribution in [3.8, 4) is 5.75 Å². The van der Waals surface area contributed by atoms with Crippen molar-refractivity contribution in [1.29, 1.82) is 0 Å². The van der Waals surface area contributed by atoms with Gasteiger partial charge in [0.2, 0.25) is 0 Å². The molecule has 0 radical (unpaired) electrons. The van der Waals surface area contributed by atoms with E-state index < -0.39 is 11.6 Å². The van der Waals surface area contributed by atoms with Crippen LogP contribution < -0.4 is 0 Å². The summed E-state index contributed by atoms with van der Waals surface area (Å²) in [5.41, 5.74) is -0.346. The molecule has 0 amide bonds. The van der Waals surface area contributed by atoms with Crippen LogP contribution in [0.15, 0.2) is 24.3 Å². The van der Waals surface area contributed by atoms with Gasteiger partial charge in [-0.2, -0.15) is 0 Å². The van der Waals surface area contributed by atoms with Crippen LogP contribution in [0, 0.1) is 0 Å². The Balaban J connectivity index is 0.00000196. The Kier molecular flexibility index (Phi) is 4.81. The van der Waals surface area contributed by atoms with E-state index in [0.717, 1.165) is 0 Å². The molecule has 0 spiro atoms. The second-order valence-corrected chi connectivity index (χ2v) is 4.02. The van der Waals surface area contributed by atoms with Crippen LogP contribution in [-0.4, -0.2) is 16.7 Å². The van der Waals surface area contributed by atoms with E-state index in [9.17, 15) is 9.90 Å². The topological polar surface area (TPSA) is 46.5 Å². The van der Waals surface area contributed by atoms with Crippen molar-refractivity contribution in [2.75, 3.05) is 0 Å². The summed E-state index contributed by atoms with van der Waals surface area (Å²) in [5, 5.41) is 9.38. The van der Waals surface area contributed by atoms with Gasteiger partial charge in [-0.05, 0) is 32.9 Å². The zero-order chi connectivity index (χ0) is 10.8. The number of carbonyl (C=O) groups is 1. The third-order valence-corrected chi connectivity index (χ3v) is 1.52. The zero-order valence-corrected chi connectivity index (χ0v) is 10.7. The minimum Gasteiger partial charge on any atom is -0.507 e. The van der Waals surface area contributed by atoms with Crippen molar-refractivity contribution in [2.24, 2.45) is 0 Å². The molecule has 3 nitrogen and oxygen atoms in total. The lowest BCUT2D eigenvalue weighted by Gasteiger charge is -2.19. The highest BCUT2D eigenvalue weighted by molar-refractivity contribution is 8.93. The van der Waals surface area contributed by atoms with Crippen LogP contribution in [0.4, 0.5) is 0 Å². The fraction of sp³-hybridized carbons (Fsp3) is 0.364. The average molecular weight is 275 g/mol. The molecule has 0 bridgehead atoms. The first-order chi connectivity index (χ1) is 6.40. The monoisotopic (exact) mass is 274 g/mol. The van der Waals surface area contributed by atoms with Gasteiger partial charge in [-0.25, -0.2) is 4.79 Å². The molecular weight excluding hydrogens is 260 g/mol. The van der Waals surface area contributed by atoms with Crippen LogP contribution in [-0.2, 0) is 4.74 Å². The van der Waals surface area contributed by atoms with E-state index >= 15 is 0 Å². The minimum atomic E-state index is -0.542. The number of hydrogen-bond donors (Lipinski definition) is 1. The fourth-order valence-corrected chi connectivity index (χ4v) is 0.979. The molecule has 0 saturated carbocycles. The highest BCUT2D eigenvalue weighted by Gasteiger charge is 2.19. The molecule has 84 valence electrons. The molecule has 1 aromatic rings. The molecule has 4 heteroatoms. The molecule has 0 heterocycles. The van der Waals surface area contributed by atoms with Crippen molar-refractivity contribution < 1.29 is 14.6 Å². The van der Waals surface area contributed by atoms with Gasteiger partial charge >= 0.3 is 5.97 Å². The average Bonchev–Trinajstić information content (AvgIpc) is 2.01. The van der Waals surface area contributed by atoms with E-state index in [-0.39, 0.29) is 28.3 Å². The zero-order valence-electron chi connectivity index (χ0n) is 8.98. The maximum absolute atomic E-state index is 11.5. The smallest absolute Gasteiger partial charge is 0.342 e. The summed E-state index contributed by atoms with van der Waals surface area (Å²) in [5.74, 6) is -0.558. The Bertz CT molecular complexity index is 342. The molecule has 0 aromatic heterocycles. The molecule has 0 saturated heterocycles. The Hall–Kier alpha value is -1.03. The number of rotatable bonds is 1. The van der Waals surface area contributed by atoms with Crippen LogP contribution in [0.1, 0.15) is 31.1 Å². The number of benzene rings is 1. The molecule has 15 heavy (non-hydrogen) atoms. The van der Waals surface area contributed by atoms with Gasteiger partial charge in [0.15, 0.2) is 0 Å². The summed E-state index contributed by atoms with van der Waals surface area (Å²) in [7, 11) is 0. The van der Waals surface area contributed by atoms with Gasteiger partial charge in [0.05, 0.1) is 0 Å². The van der Waals surface area contributed by atoms with Crippen LogP contribution >= 0.6 is 17.0 Å². The second-order valence-electron chi connectivity index (χ2n) is 4.02. The van der Waals surface area contributed by atoms with Crippen molar-refractivity contribution in [3.63, 3.8) is 0 Å². The molecule has 0 fully saturated rings. The summed E-state index contributed by atoms with van der Waals surface area (Å²) in [6.07, 6.45) is 0. The Labute approximate surface area is 99.8 Å². The molecule has 0 unspecified atom stereocenters. The molecule has 1 N–H and O–H groups in total. The van der Waals surface area contributed by atoms with E-state index in [2.05, 4.69) is 0 Å². The van der Waals surface area contributed by atoms with Crippen molar-refractivity contribution >= 4 is 23.0 Å². The standard InChI is InChI=1S/C11H14O3.BrH/c1-11(2,3)14-10(13)8-6-4-5-7-9(8)12;/h4-7,12H,1-3H3;1H. The van der Waals surface area contributed by atoms with Gasteiger partial charge in [0, 0.05) is 0 Å². The highest BCUT2D eigenvalue weighted by atomic mass is 79.9. The highest BCUT2D eigenvalue weighted by Crippen LogP contribution is 2.19. The SMILES string of the molecule is Br.CC(C)(C)OC(=O)c1ccccc1O. The van der Waals surface area contributed by atoms with Gasteiger partial charge in [-0.1, -0.05) is 12.1 Å². The van der Waals surface area contributed by atoms with Gasteiger partial charge in [0.25, 0.3) is 0 Å². The summed E-state index contributed by atoms with van der Waals surface area (Å²) >= 11 is 0. The lowest BCUT2D eigenvalue weighted by molar-refractivity contribution is 0.00668. The molecule has 1 rings (SSSR count). The van der Waals surface area contributed by atoms with Gasteiger partial charge in [-0.15, -0.1) is 17.0 Å². The molecular formula is C11H15BrO3. The van der Waals surface area contributed by atoms with Crippen LogP contribution in [0.25, 0.3) is 0 Å². The first kappa shape index (κ1) is 14.0. The first-order valence-corrected chi connectivity index (χ1v) is 4.41. The van der Waals surface area contributed by atoms with E-state index in [4.69, 9.17) is 4.74 Å². The number of para-hydroxylation sites is 1. The van der Waals surface area contributed by atoms with E-state index in [1.54, 1.807) is 32.9 Å². The third-order valence-electron chi connectivity index (χ3n) is 1.52. The number of carbonyl (C=O) groups excluding carboxylic acids is 1. The maximum Gasteiger partial charge on any atom is 0.342 e. The molecule has 0 aliphatic heterocycles. The van der Waals surface area contributed by atoms with Crippen LogP contribution in [0.3, 0.4) is 0 Å². The van der Waals surface area contributed by atoms with Crippen LogP contribution in [0.2, 0.25) is 0 Å². The number of hydrogen-bond acceptors (Lipinski definition) is 3. The summed E-state index contributed by atoms with van der Waals surface area (Å²) in [6.45, 7) is 5.35. The Morgan fingerprint density at radius 3 is 2.27 bits per heavy atom. The summed E-state index contributed by atoms with van der Waals surface area (Å²) < 4.78 is 5.11. The van der Waals surface area contributed by atoms with Crippen molar-refractivity contribution in [3.05, 3.63) is 29.8 Å². The number of halogens is 1. The maximum atomic E-state index is 11.5. The van der Waals surface area contributed by atoms with Crippen LogP contribution in [0.5, 0.6) is 5.75 Å². The number of esters is 1. The predicted molar refractivity (Wildman–Crippen MR) is 63.6 cm³/mol. The minimum absolute atomic E-state index is 0. The normalized spacial score (nSPS) is 10.3. The second kappa shape index (κ2) is 5.16. The fourth-order valence-electron chi connectivity index (χ4n) is 0.979. The predicted octanol–water partition coefficient (Wildman–Crippen LogP) is 2.93. The van der Waals surface area contributed by atoms with Gasteiger partial charge in [0.1, 0.15) is 16.9 Å². The molecule has 0 atom stereocenters. The van der Waals surface area contributed by atoms with Crippen molar-refractivity contribution in [2.45, 2.75) is 26.4 Å². The first-order valence-electron chi connectivity index (χ1n) is 4.41. The number of aromatic hydroxyl groups is 1. The summed E-state index contributed by atoms with van der Waals surface area (Å²) in [4.78, 5) is 11.5. The van der Waals surface area contributed by atoms with Gasteiger partial charge in [-0.3, -0.25) is 0 Å². The summed E-state index contributed by atoms with van der Waals surface area (Å²) in [6, 6.07) is 6.32. The van der Waals surface area contributed by atoms with E-state index in [1.807, 2.05) is 0 Å². The number of phenolic OH excluding ortho intramolecular Hbond substituents is 1. The lowest BCUT2D eigenvalue weighted by atomic mass is 10.1. The van der Waals surface area contributed by atoms with E-state index in [0.29, 0.717) is 0 Å². The quantitative estimate of drug-likeness (QED) is 0.801. The van der Waals surface area contributed by atoms with Gasteiger partial charge < -0.3 is 9.84 Å². The molecule has 0 aliphatic rings. The number of phenols is 1. The Morgan fingerprint density at radius 2 is 1.80 bits per heavy atom.